The van der Waals surface area contributed by atoms with E-state index in [2.05, 4.69) is 0 Å². The normalized spacial score (nSPS) is 17.2. The number of benzene rings is 1. The first-order chi connectivity index (χ1) is 6.77. The third kappa shape index (κ3) is 1.95. The zero-order valence-corrected chi connectivity index (χ0v) is 8.63. The van der Waals surface area contributed by atoms with E-state index in [4.69, 9.17) is 16.3 Å². The second-order valence-electron chi connectivity index (χ2n) is 3.61. The number of hydrogen-bond donors (Lipinski definition) is 1. The van der Waals surface area contributed by atoms with Gasteiger partial charge in [-0.15, -0.1) is 0 Å². The Balaban J connectivity index is 2.11. The first-order valence-electron chi connectivity index (χ1n) is 4.91. The maximum Gasteiger partial charge on any atom is 0.142 e. The van der Waals surface area contributed by atoms with Gasteiger partial charge in [-0.1, -0.05) is 17.7 Å². The van der Waals surface area contributed by atoms with Gasteiger partial charge in [0.2, 0.25) is 0 Å². The van der Waals surface area contributed by atoms with Crippen LogP contribution in [0.25, 0.3) is 0 Å². The molecule has 0 unspecified atom stereocenters. The molecule has 0 amide bonds. The van der Waals surface area contributed by atoms with Gasteiger partial charge in [0.1, 0.15) is 16.5 Å². The van der Waals surface area contributed by atoms with E-state index >= 15 is 0 Å². The van der Waals surface area contributed by atoms with Gasteiger partial charge in [0, 0.05) is 0 Å². The smallest absolute Gasteiger partial charge is 0.142 e. The van der Waals surface area contributed by atoms with E-state index in [1.54, 1.807) is 18.2 Å². The molecule has 76 valence electrons. The van der Waals surface area contributed by atoms with Crippen molar-refractivity contribution in [3.63, 3.8) is 0 Å². The molecule has 14 heavy (non-hydrogen) atoms. The number of halogens is 1. The quantitative estimate of drug-likeness (QED) is 0.815. The van der Waals surface area contributed by atoms with Crippen LogP contribution in [-0.4, -0.2) is 11.2 Å². The SMILES string of the molecule is Oc1cccc(OC2CCCC2)c1Cl. The van der Waals surface area contributed by atoms with Crippen LogP contribution in [0.2, 0.25) is 5.02 Å². The zero-order chi connectivity index (χ0) is 9.97. The highest BCUT2D eigenvalue weighted by Gasteiger charge is 2.18. The summed E-state index contributed by atoms with van der Waals surface area (Å²) in [6, 6.07) is 5.09. The van der Waals surface area contributed by atoms with Gasteiger partial charge in [0.05, 0.1) is 6.10 Å². The summed E-state index contributed by atoms with van der Waals surface area (Å²) in [6.07, 6.45) is 4.90. The lowest BCUT2D eigenvalue weighted by atomic mass is 10.3. The summed E-state index contributed by atoms with van der Waals surface area (Å²) in [5.41, 5.74) is 0. The van der Waals surface area contributed by atoms with E-state index in [1.807, 2.05) is 0 Å². The summed E-state index contributed by atoms with van der Waals surface area (Å²) in [7, 11) is 0. The van der Waals surface area contributed by atoms with Crippen molar-refractivity contribution in [2.45, 2.75) is 31.8 Å². The topological polar surface area (TPSA) is 29.5 Å². The molecule has 0 radical (unpaired) electrons. The van der Waals surface area contributed by atoms with Crippen LogP contribution in [0, 0.1) is 0 Å². The standard InChI is InChI=1S/C11H13ClO2/c12-11-9(13)6-3-7-10(11)14-8-4-1-2-5-8/h3,6-8,13H,1-2,4-5H2. The zero-order valence-electron chi connectivity index (χ0n) is 7.87. The van der Waals surface area contributed by atoms with Crippen molar-refractivity contribution in [1.82, 2.24) is 0 Å². The second kappa shape index (κ2) is 4.09. The predicted octanol–water partition coefficient (Wildman–Crippen LogP) is 3.37. The average Bonchev–Trinajstić information content (AvgIpc) is 2.66. The summed E-state index contributed by atoms with van der Waals surface area (Å²) in [6.45, 7) is 0. The van der Waals surface area contributed by atoms with Crippen LogP contribution in [0.5, 0.6) is 11.5 Å². The highest BCUT2D eigenvalue weighted by atomic mass is 35.5. The van der Waals surface area contributed by atoms with Crippen molar-refractivity contribution in [3.8, 4) is 11.5 Å². The van der Waals surface area contributed by atoms with Crippen LogP contribution >= 0.6 is 11.6 Å². The molecule has 0 aliphatic heterocycles. The highest BCUT2D eigenvalue weighted by Crippen LogP contribution is 2.35. The lowest BCUT2D eigenvalue weighted by molar-refractivity contribution is 0.209. The Morgan fingerprint density at radius 2 is 2.00 bits per heavy atom. The van der Waals surface area contributed by atoms with E-state index < -0.39 is 0 Å². The van der Waals surface area contributed by atoms with E-state index in [-0.39, 0.29) is 11.9 Å². The van der Waals surface area contributed by atoms with Gasteiger partial charge in [-0.25, -0.2) is 0 Å². The Labute approximate surface area is 88.5 Å². The molecule has 0 spiro atoms. The molecule has 0 saturated heterocycles. The number of phenols is 1. The number of hydrogen-bond acceptors (Lipinski definition) is 2. The van der Waals surface area contributed by atoms with Crippen LogP contribution in [0.3, 0.4) is 0 Å². The third-order valence-corrected chi connectivity index (χ3v) is 2.92. The molecule has 1 aliphatic carbocycles. The van der Waals surface area contributed by atoms with Crippen LogP contribution < -0.4 is 4.74 Å². The molecule has 3 heteroatoms. The molecule has 1 saturated carbocycles. The molecule has 2 nitrogen and oxygen atoms in total. The lowest BCUT2D eigenvalue weighted by Crippen LogP contribution is -2.10. The molecule has 2 rings (SSSR count). The fraction of sp³-hybridized carbons (Fsp3) is 0.455. The molecular formula is C11H13ClO2. The summed E-state index contributed by atoms with van der Waals surface area (Å²) in [4.78, 5) is 0. The van der Waals surface area contributed by atoms with E-state index in [0.29, 0.717) is 10.8 Å². The van der Waals surface area contributed by atoms with E-state index in [1.165, 1.54) is 12.8 Å². The van der Waals surface area contributed by atoms with Gasteiger partial charge in [-0.3, -0.25) is 0 Å². The van der Waals surface area contributed by atoms with Gasteiger partial charge in [-0.05, 0) is 37.8 Å². The lowest BCUT2D eigenvalue weighted by Gasteiger charge is -2.14. The van der Waals surface area contributed by atoms with E-state index in [9.17, 15) is 5.11 Å². The van der Waals surface area contributed by atoms with Crippen molar-refractivity contribution in [3.05, 3.63) is 23.2 Å². The summed E-state index contributed by atoms with van der Waals surface area (Å²) < 4.78 is 5.69. The molecule has 0 atom stereocenters. The Morgan fingerprint density at radius 3 is 2.71 bits per heavy atom. The molecule has 0 aromatic heterocycles. The fourth-order valence-corrected chi connectivity index (χ4v) is 1.95. The minimum atomic E-state index is 0.0853. The summed E-state index contributed by atoms with van der Waals surface area (Å²) >= 11 is 5.90. The van der Waals surface area contributed by atoms with Crippen LogP contribution in [0.1, 0.15) is 25.7 Å². The minimum absolute atomic E-state index is 0.0853. The molecule has 1 aromatic rings. The van der Waals surface area contributed by atoms with Gasteiger partial charge in [0.25, 0.3) is 0 Å². The number of rotatable bonds is 2. The molecule has 1 fully saturated rings. The predicted molar refractivity (Wildman–Crippen MR) is 56.0 cm³/mol. The maximum atomic E-state index is 9.36. The first kappa shape index (κ1) is 9.66. The van der Waals surface area contributed by atoms with Crippen LogP contribution in [0.15, 0.2) is 18.2 Å². The molecular weight excluding hydrogens is 200 g/mol. The van der Waals surface area contributed by atoms with Gasteiger partial charge < -0.3 is 9.84 Å². The van der Waals surface area contributed by atoms with Gasteiger partial charge in [0.15, 0.2) is 0 Å². The number of phenolic OH excluding ortho intramolecular Hbond substituents is 1. The van der Waals surface area contributed by atoms with Crippen molar-refractivity contribution >= 4 is 11.6 Å². The summed E-state index contributed by atoms with van der Waals surface area (Å²) in [5, 5.41) is 9.68. The van der Waals surface area contributed by atoms with E-state index in [0.717, 1.165) is 12.8 Å². The fourth-order valence-electron chi connectivity index (χ4n) is 1.78. The Morgan fingerprint density at radius 1 is 1.29 bits per heavy atom. The van der Waals surface area contributed by atoms with Crippen molar-refractivity contribution in [2.75, 3.05) is 0 Å². The number of ether oxygens (including phenoxy) is 1. The molecule has 0 bridgehead atoms. The number of aromatic hydroxyl groups is 1. The summed E-state index contributed by atoms with van der Waals surface area (Å²) in [5.74, 6) is 0.681. The third-order valence-electron chi connectivity index (χ3n) is 2.54. The highest BCUT2D eigenvalue weighted by molar-refractivity contribution is 6.33. The largest absolute Gasteiger partial charge is 0.506 e. The first-order valence-corrected chi connectivity index (χ1v) is 5.29. The minimum Gasteiger partial charge on any atom is -0.506 e. The maximum absolute atomic E-state index is 9.36. The second-order valence-corrected chi connectivity index (χ2v) is 3.99. The Kier molecular flexibility index (Phi) is 2.82. The molecule has 1 aromatic carbocycles. The van der Waals surface area contributed by atoms with Crippen molar-refractivity contribution < 1.29 is 9.84 Å². The van der Waals surface area contributed by atoms with Crippen molar-refractivity contribution in [2.24, 2.45) is 0 Å². The van der Waals surface area contributed by atoms with Crippen LogP contribution in [0.4, 0.5) is 0 Å². The van der Waals surface area contributed by atoms with Gasteiger partial charge in [-0.2, -0.15) is 0 Å². The molecule has 1 aliphatic rings. The average molecular weight is 213 g/mol. The monoisotopic (exact) mass is 212 g/mol. The van der Waals surface area contributed by atoms with Gasteiger partial charge >= 0.3 is 0 Å². The Bertz CT molecular complexity index is 319. The molecule has 0 heterocycles. The Hall–Kier alpha value is -0.890. The van der Waals surface area contributed by atoms with Crippen LogP contribution in [-0.2, 0) is 0 Å². The molecule has 1 N–H and O–H groups in total. The van der Waals surface area contributed by atoms with Crippen molar-refractivity contribution in [1.29, 1.82) is 0 Å².